The summed E-state index contributed by atoms with van der Waals surface area (Å²) in [5, 5.41) is 25.1. The largest absolute Gasteiger partial charge is 0.481 e. The van der Waals surface area contributed by atoms with Crippen molar-refractivity contribution in [1.82, 2.24) is 20.9 Å². The number of amides is 4. The van der Waals surface area contributed by atoms with Crippen LogP contribution in [0.2, 0.25) is 0 Å². The standard InChI is InChI=1S/C22H28N4O8/c1-13(27)26-9-5-8-17(26)22(34)25-16(11-18(28)29)21(33)24-15(20(32)23-12-19(30)31)10-14-6-3-2-4-7-14/h2-4,6-7,15-17H,5,8-12H2,1H3,(H,23,32)(H,24,33)(H,25,34)(H,28,29)(H,30,31)/t15-,16-,17-/m0/s1. The Bertz CT molecular complexity index is 936. The molecule has 12 heteroatoms. The van der Waals surface area contributed by atoms with Gasteiger partial charge in [-0.2, -0.15) is 0 Å². The molecule has 0 saturated carbocycles. The van der Waals surface area contributed by atoms with Crippen LogP contribution in [-0.2, 0) is 35.2 Å². The van der Waals surface area contributed by atoms with Crippen LogP contribution in [0.4, 0.5) is 0 Å². The van der Waals surface area contributed by atoms with Gasteiger partial charge in [-0.25, -0.2) is 0 Å². The van der Waals surface area contributed by atoms with Gasteiger partial charge in [-0.05, 0) is 18.4 Å². The van der Waals surface area contributed by atoms with E-state index in [4.69, 9.17) is 5.11 Å². The molecule has 1 aliphatic heterocycles. The summed E-state index contributed by atoms with van der Waals surface area (Å²) in [5.74, 6) is -5.31. The van der Waals surface area contributed by atoms with E-state index in [0.29, 0.717) is 24.9 Å². The third kappa shape index (κ3) is 7.87. The lowest BCUT2D eigenvalue weighted by Crippen LogP contribution is -2.57. The van der Waals surface area contributed by atoms with Gasteiger partial charge in [0.15, 0.2) is 0 Å². The fourth-order valence-electron chi connectivity index (χ4n) is 3.69. The van der Waals surface area contributed by atoms with Crippen LogP contribution < -0.4 is 16.0 Å². The molecular weight excluding hydrogens is 448 g/mol. The summed E-state index contributed by atoms with van der Waals surface area (Å²) in [6, 6.07) is 5.06. The van der Waals surface area contributed by atoms with E-state index in [1.165, 1.54) is 11.8 Å². The molecule has 1 aromatic carbocycles. The van der Waals surface area contributed by atoms with Gasteiger partial charge in [-0.3, -0.25) is 28.8 Å². The monoisotopic (exact) mass is 476 g/mol. The Kier molecular flexibility index (Phi) is 9.53. The third-order valence-corrected chi connectivity index (χ3v) is 5.30. The zero-order valence-electron chi connectivity index (χ0n) is 18.7. The zero-order valence-corrected chi connectivity index (χ0v) is 18.7. The third-order valence-electron chi connectivity index (χ3n) is 5.30. The van der Waals surface area contributed by atoms with Gasteiger partial charge in [-0.15, -0.1) is 0 Å². The zero-order chi connectivity index (χ0) is 25.3. The maximum atomic E-state index is 12.9. The maximum absolute atomic E-state index is 12.9. The maximum Gasteiger partial charge on any atom is 0.322 e. The van der Waals surface area contributed by atoms with Crippen LogP contribution in [-0.4, -0.2) is 81.9 Å². The molecule has 1 heterocycles. The molecule has 34 heavy (non-hydrogen) atoms. The minimum absolute atomic E-state index is 0.00646. The Morgan fingerprint density at radius 1 is 0.971 bits per heavy atom. The number of nitrogens with zero attached hydrogens (tertiary/aromatic N) is 1. The molecule has 184 valence electrons. The van der Waals surface area contributed by atoms with Crippen LogP contribution in [0.5, 0.6) is 0 Å². The van der Waals surface area contributed by atoms with Crippen LogP contribution in [0, 0.1) is 0 Å². The van der Waals surface area contributed by atoms with Crippen LogP contribution >= 0.6 is 0 Å². The highest BCUT2D eigenvalue weighted by Crippen LogP contribution is 2.17. The van der Waals surface area contributed by atoms with Gasteiger partial charge in [-0.1, -0.05) is 30.3 Å². The molecule has 0 spiro atoms. The van der Waals surface area contributed by atoms with Crippen molar-refractivity contribution < 1.29 is 39.0 Å². The fraction of sp³-hybridized carbons (Fsp3) is 0.455. The quantitative estimate of drug-likeness (QED) is 0.266. The summed E-state index contributed by atoms with van der Waals surface area (Å²) in [6.07, 6.45) is 0.225. The molecule has 12 nitrogen and oxygen atoms in total. The van der Waals surface area contributed by atoms with Crippen LogP contribution in [0.1, 0.15) is 31.7 Å². The Labute approximate surface area is 195 Å². The van der Waals surface area contributed by atoms with Gasteiger partial charge in [0.05, 0.1) is 6.42 Å². The lowest BCUT2D eigenvalue weighted by Gasteiger charge is -2.26. The predicted octanol–water partition coefficient (Wildman–Crippen LogP) is -1.11. The van der Waals surface area contributed by atoms with E-state index in [0.717, 1.165) is 0 Å². The Hall–Kier alpha value is -3.96. The summed E-state index contributed by atoms with van der Waals surface area (Å²) in [6.45, 7) is 1.03. The highest BCUT2D eigenvalue weighted by molar-refractivity contribution is 5.96. The van der Waals surface area contributed by atoms with Crippen LogP contribution in [0.3, 0.4) is 0 Å². The number of rotatable bonds is 11. The minimum atomic E-state index is -1.51. The average Bonchev–Trinajstić information content (AvgIpc) is 3.27. The van der Waals surface area contributed by atoms with E-state index < -0.39 is 60.8 Å². The van der Waals surface area contributed by atoms with Crippen molar-refractivity contribution >= 4 is 35.6 Å². The second kappa shape index (κ2) is 12.3. The first-order chi connectivity index (χ1) is 16.1. The highest BCUT2D eigenvalue weighted by Gasteiger charge is 2.36. The number of nitrogens with one attached hydrogen (secondary N) is 3. The number of carboxylic acids is 2. The molecule has 1 aliphatic rings. The van der Waals surface area contributed by atoms with E-state index in [2.05, 4.69) is 16.0 Å². The normalized spacial score (nSPS) is 16.7. The smallest absolute Gasteiger partial charge is 0.322 e. The fourth-order valence-corrected chi connectivity index (χ4v) is 3.69. The van der Waals surface area contributed by atoms with Crippen molar-refractivity contribution in [3.63, 3.8) is 0 Å². The molecule has 1 aromatic rings. The first kappa shape index (κ1) is 26.3. The van der Waals surface area contributed by atoms with Gasteiger partial charge in [0.25, 0.3) is 0 Å². The molecule has 1 saturated heterocycles. The first-order valence-corrected chi connectivity index (χ1v) is 10.7. The average molecular weight is 476 g/mol. The van der Waals surface area contributed by atoms with Crippen molar-refractivity contribution in [2.45, 2.75) is 50.7 Å². The number of carbonyl (C=O) groups excluding carboxylic acids is 4. The lowest BCUT2D eigenvalue weighted by molar-refractivity contribution is -0.143. The number of likely N-dealkylation sites (tertiary alicyclic amines) is 1. The van der Waals surface area contributed by atoms with Gasteiger partial charge < -0.3 is 31.1 Å². The minimum Gasteiger partial charge on any atom is -0.481 e. The number of benzene rings is 1. The molecule has 1 fully saturated rings. The summed E-state index contributed by atoms with van der Waals surface area (Å²) >= 11 is 0. The molecular formula is C22H28N4O8. The Morgan fingerprint density at radius 2 is 1.65 bits per heavy atom. The summed E-state index contributed by atoms with van der Waals surface area (Å²) in [4.78, 5) is 73.4. The number of carboxylic acid groups (broad SMARTS) is 2. The highest BCUT2D eigenvalue weighted by atomic mass is 16.4. The first-order valence-electron chi connectivity index (χ1n) is 10.7. The SMILES string of the molecule is CC(=O)N1CCC[C@H]1C(=O)N[C@@H](CC(=O)O)C(=O)N[C@@H](Cc1ccccc1)C(=O)NCC(=O)O. The van der Waals surface area contributed by atoms with E-state index in [1.54, 1.807) is 30.3 Å². The van der Waals surface area contributed by atoms with E-state index >= 15 is 0 Å². The summed E-state index contributed by atoms with van der Waals surface area (Å²) in [7, 11) is 0. The van der Waals surface area contributed by atoms with E-state index in [-0.39, 0.29) is 12.3 Å². The van der Waals surface area contributed by atoms with Gasteiger partial charge >= 0.3 is 11.9 Å². The summed E-state index contributed by atoms with van der Waals surface area (Å²) in [5.41, 5.74) is 0.667. The van der Waals surface area contributed by atoms with Gasteiger partial charge in [0.1, 0.15) is 24.7 Å². The molecule has 0 unspecified atom stereocenters. The molecule has 0 bridgehead atoms. The molecule has 0 aliphatic carbocycles. The molecule has 2 rings (SSSR count). The van der Waals surface area contributed by atoms with Crippen molar-refractivity contribution in [3.05, 3.63) is 35.9 Å². The van der Waals surface area contributed by atoms with Crippen molar-refractivity contribution in [1.29, 1.82) is 0 Å². The molecule has 4 amide bonds. The van der Waals surface area contributed by atoms with Crippen molar-refractivity contribution in [2.24, 2.45) is 0 Å². The number of carbonyl (C=O) groups is 6. The van der Waals surface area contributed by atoms with Gasteiger partial charge in [0.2, 0.25) is 23.6 Å². The van der Waals surface area contributed by atoms with Crippen molar-refractivity contribution in [2.75, 3.05) is 13.1 Å². The Balaban J connectivity index is 2.16. The molecule has 0 radical (unpaired) electrons. The van der Waals surface area contributed by atoms with Crippen LogP contribution in [0.15, 0.2) is 30.3 Å². The second-order valence-electron chi connectivity index (χ2n) is 7.89. The predicted molar refractivity (Wildman–Crippen MR) is 117 cm³/mol. The lowest BCUT2D eigenvalue weighted by atomic mass is 10.0. The van der Waals surface area contributed by atoms with E-state index in [1.807, 2.05) is 0 Å². The number of aliphatic carboxylic acids is 2. The van der Waals surface area contributed by atoms with Crippen LogP contribution in [0.25, 0.3) is 0 Å². The number of hydrogen-bond donors (Lipinski definition) is 5. The molecule has 3 atom stereocenters. The Morgan fingerprint density at radius 3 is 2.24 bits per heavy atom. The topological polar surface area (TPSA) is 182 Å². The second-order valence-corrected chi connectivity index (χ2v) is 7.89. The van der Waals surface area contributed by atoms with Gasteiger partial charge in [0, 0.05) is 19.9 Å². The van der Waals surface area contributed by atoms with Crippen molar-refractivity contribution in [3.8, 4) is 0 Å². The summed E-state index contributed by atoms with van der Waals surface area (Å²) < 4.78 is 0. The molecule has 0 aromatic heterocycles. The van der Waals surface area contributed by atoms with E-state index in [9.17, 15) is 33.9 Å². The molecule has 5 N–H and O–H groups in total. The number of hydrogen-bond acceptors (Lipinski definition) is 6.